The lowest BCUT2D eigenvalue weighted by atomic mass is 10.2. The van der Waals surface area contributed by atoms with Crippen LogP contribution < -0.4 is 4.72 Å². The summed E-state index contributed by atoms with van der Waals surface area (Å²) >= 11 is 1.62. The van der Waals surface area contributed by atoms with Crippen molar-refractivity contribution in [2.75, 3.05) is 13.6 Å². The predicted octanol–water partition coefficient (Wildman–Crippen LogP) is 3.00. The van der Waals surface area contributed by atoms with Crippen molar-refractivity contribution in [3.63, 3.8) is 0 Å². The monoisotopic (exact) mass is 380 g/mol. The number of carbonyl (C=O) groups is 1. The van der Waals surface area contributed by atoms with Gasteiger partial charge in [0, 0.05) is 24.9 Å². The van der Waals surface area contributed by atoms with E-state index in [1.807, 2.05) is 31.4 Å². The Morgan fingerprint density at radius 1 is 1.16 bits per heavy atom. The third-order valence-corrected chi connectivity index (χ3v) is 6.65. The van der Waals surface area contributed by atoms with E-state index in [0.717, 1.165) is 10.4 Å². The minimum Gasteiger partial charge on any atom is -0.341 e. The first-order valence-corrected chi connectivity index (χ1v) is 10.4. The number of rotatable bonds is 7. The SMILES string of the molecule is Cc1ccc(C)c(S(=O)(=O)NCCC(=O)N(C)Cc2sccc2C)c1. The quantitative estimate of drug-likeness (QED) is 0.803. The molecule has 0 saturated carbocycles. The summed E-state index contributed by atoms with van der Waals surface area (Å²) in [6, 6.07) is 7.33. The van der Waals surface area contributed by atoms with Crippen LogP contribution in [0.25, 0.3) is 0 Å². The van der Waals surface area contributed by atoms with Gasteiger partial charge in [-0.3, -0.25) is 4.79 Å². The van der Waals surface area contributed by atoms with Crippen molar-refractivity contribution in [2.24, 2.45) is 0 Å². The smallest absolute Gasteiger partial charge is 0.240 e. The molecule has 1 aromatic carbocycles. The molecule has 0 fully saturated rings. The van der Waals surface area contributed by atoms with Gasteiger partial charge in [-0.1, -0.05) is 12.1 Å². The molecule has 0 aliphatic heterocycles. The molecule has 1 amide bonds. The summed E-state index contributed by atoms with van der Waals surface area (Å²) in [5.74, 6) is -0.0866. The Labute approximate surface area is 153 Å². The van der Waals surface area contributed by atoms with Gasteiger partial charge in [-0.2, -0.15) is 0 Å². The summed E-state index contributed by atoms with van der Waals surface area (Å²) < 4.78 is 27.4. The lowest BCUT2D eigenvalue weighted by Gasteiger charge is -2.17. The summed E-state index contributed by atoms with van der Waals surface area (Å²) in [7, 11) is -1.87. The van der Waals surface area contributed by atoms with E-state index in [1.54, 1.807) is 42.3 Å². The molecule has 2 aromatic rings. The van der Waals surface area contributed by atoms with Gasteiger partial charge in [0.1, 0.15) is 0 Å². The Hall–Kier alpha value is -1.70. The van der Waals surface area contributed by atoms with Crippen molar-refractivity contribution >= 4 is 27.3 Å². The van der Waals surface area contributed by atoms with Crippen LogP contribution in [0.1, 0.15) is 28.0 Å². The maximum absolute atomic E-state index is 12.4. The summed E-state index contributed by atoms with van der Waals surface area (Å²) in [4.78, 5) is 15.3. The third kappa shape index (κ3) is 5.14. The molecule has 0 saturated heterocycles. The van der Waals surface area contributed by atoms with Gasteiger partial charge in [-0.15, -0.1) is 11.3 Å². The first-order valence-electron chi connectivity index (χ1n) is 8.04. The van der Waals surface area contributed by atoms with Crippen LogP contribution in [0.2, 0.25) is 0 Å². The Morgan fingerprint density at radius 2 is 1.88 bits per heavy atom. The summed E-state index contributed by atoms with van der Waals surface area (Å²) in [5.41, 5.74) is 2.74. The molecule has 1 heterocycles. The second-order valence-electron chi connectivity index (χ2n) is 6.19. The number of amides is 1. The first kappa shape index (κ1) is 19.6. The molecule has 5 nitrogen and oxygen atoms in total. The first-order chi connectivity index (χ1) is 11.7. The highest BCUT2D eigenvalue weighted by atomic mass is 32.2. The number of benzene rings is 1. The van der Waals surface area contributed by atoms with Crippen molar-refractivity contribution in [1.29, 1.82) is 0 Å². The molecule has 0 bridgehead atoms. The largest absolute Gasteiger partial charge is 0.341 e. The highest BCUT2D eigenvalue weighted by Crippen LogP contribution is 2.18. The minimum atomic E-state index is -3.61. The zero-order chi connectivity index (χ0) is 18.6. The average Bonchev–Trinajstić information content (AvgIpc) is 2.94. The van der Waals surface area contributed by atoms with E-state index in [1.165, 1.54) is 5.56 Å². The molecule has 0 radical (unpaired) electrons. The van der Waals surface area contributed by atoms with Gasteiger partial charge in [-0.05, 0) is 55.0 Å². The molecular formula is C18H24N2O3S2. The van der Waals surface area contributed by atoms with Gasteiger partial charge in [0.2, 0.25) is 15.9 Å². The second-order valence-corrected chi connectivity index (χ2v) is 8.93. The lowest BCUT2D eigenvalue weighted by molar-refractivity contribution is -0.130. The van der Waals surface area contributed by atoms with E-state index in [2.05, 4.69) is 4.72 Å². The number of nitrogens with one attached hydrogen (secondary N) is 1. The van der Waals surface area contributed by atoms with Crippen LogP contribution >= 0.6 is 11.3 Å². The molecule has 136 valence electrons. The molecule has 25 heavy (non-hydrogen) atoms. The normalized spacial score (nSPS) is 11.5. The van der Waals surface area contributed by atoms with E-state index >= 15 is 0 Å². The fourth-order valence-corrected chi connectivity index (χ4v) is 4.75. The molecule has 0 aliphatic carbocycles. The second kappa shape index (κ2) is 8.12. The van der Waals surface area contributed by atoms with Crippen LogP contribution in [0, 0.1) is 20.8 Å². The number of nitrogens with zero attached hydrogens (tertiary/aromatic N) is 1. The van der Waals surface area contributed by atoms with Crippen LogP contribution in [-0.2, 0) is 21.4 Å². The summed E-state index contributed by atoms with van der Waals surface area (Å²) in [6.07, 6.45) is 0.130. The molecular weight excluding hydrogens is 356 g/mol. The van der Waals surface area contributed by atoms with Crippen molar-refractivity contribution in [2.45, 2.75) is 38.6 Å². The number of carbonyl (C=O) groups excluding carboxylic acids is 1. The van der Waals surface area contributed by atoms with E-state index in [9.17, 15) is 13.2 Å². The van der Waals surface area contributed by atoms with E-state index in [-0.39, 0.29) is 23.8 Å². The van der Waals surface area contributed by atoms with Crippen molar-refractivity contribution < 1.29 is 13.2 Å². The Morgan fingerprint density at radius 3 is 2.52 bits per heavy atom. The third-order valence-electron chi connectivity index (χ3n) is 4.04. The maximum Gasteiger partial charge on any atom is 0.240 e. The van der Waals surface area contributed by atoms with Crippen LogP contribution in [0.3, 0.4) is 0 Å². The molecule has 0 atom stereocenters. The number of hydrogen-bond acceptors (Lipinski definition) is 4. The standard InChI is InChI=1S/C18H24N2O3S2/c1-13-5-6-15(3)17(11-13)25(22,23)19-9-7-18(21)20(4)12-16-14(2)8-10-24-16/h5-6,8,10-11,19H,7,9,12H2,1-4H3. The van der Waals surface area contributed by atoms with Gasteiger partial charge < -0.3 is 4.90 Å². The number of aryl methyl sites for hydroxylation is 3. The predicted molar refractivity (Wildman–Crippen MR) is 101 cm³/mol. The number of hydrogen-bond donors (Lipinski definition) is 1. The topological polar surface area (TPSA) is 66.5 Å². The molecule has 0 unspecified atom stereocenters. The zero-order valence-corrected chi connectivity index (χ0v) is 16.6. The Bertz CT molecular complexity index is 857. The van der Waals surface area contributed by atoms with Crippen LogP contribution in [0.15, 0.2) is 34.5 Å². The van der Waals surface area contributed by atoms with E-state index in [0.29, 0.717) is 12.1 Å². The van der Waals surface area contributed by atoms with Gasteiger partial charge in [0.15, 0.2) is 0 Å². The Balaban J connectivity index is 1.91. The van der Waals surface area contributed by atoms with Crippen molar-refractivity contribution in [3.05, 3.63) is 51.2 Å². The fourth-order valence-electron chi connectivity index (χ4n) is 2.43. The fraction of sp³-hybridized carbons (Fsp3) is 0.389. The van der Waals surface area contributed by atoms with Crippen LogP contribution in [-0.4, -0.2) is 32.8 Å². The molecule has 0 aliphatic rings. The van der Waals surface area contributed by atoms with Crippen LogP contribution in [0.4, 0.5) is 0 Å². The van der Waals surface area contributed by atoms with Gasteiger partial charge in [-0.25, -0.2) is 13.1 Å². The van der Waals surface area contributed by atoms with Crippen LogP contribution in [0.5, 0.6) is 0 Å². The number of thiophene rings is 1. The molecule has 2 rings (SSSR count). The van der Waals surface area contributed by atoms with Gasteiger partial charge in [0.25, 0.3) is 0 Å². The molecule has 0 spiro atoms. The van der Waals surface area contributed by atoms with Crippen molar-refractivity contribution in [1.82, 2.24) is 9.62 Å². The van der Waals surface area contributed by atoms with Crippen molar-refractivity contribution in [3.8, 4) is 0 Å². The molecule has 1 N–H and O–H groups in total. The maximum atomic E-state index is 12.4. The van der Waals surface area contributed by atoms with E-state index < -0.39 is 10.0 Å². The highest BCUT2D eigenvalue weighted by Gasteiger charge is 2.18. The summed E-state index contributed by atoms with van der Waals surface area (Å²) in [5, 5.41) is 2.00. The highest BCUT2D eigenvalue weighted by molar-refractivity contribution is 7.89. The lowest BCUT2D eigenvalue weighted by Crippen LogP contribution is -2.32. The minimum absolute atomic E-state index is 0.0856. The molecule has 7 heteroatoms. The molecule has 1 aromatic heterocycles. The zero-order valence-electron chi connectivity index (χ0n) is 15.0. The summed E-state index contributed by atoms with van der Waals surface area (Å²) in [6.45, 7) is 6.26. The van der Waals surface area contributed by atoms with Gasteiger partial charge >= 0.3 is 0 Å². The Kier molecular flexibility index (Phi) is 6.37. The van der Waals surface area contributed by atoms with Gasteiger partial charge in [0.05, 0.1) is 11.4 Å². The number of sulfonamides is 1. The average molecular weight is 381 g/mol. The van der Waals surface area contributed by atoms with E-state index in [4.69, 9.17) is 0 Å².